The minimum Gasteiger partial charge on any atom is -0.463 e. The predicted octanol–water partition coefficient (Wildman–Crippen LogP) is 0.631. The summed E-state index contributed by atoms with van der Waals surface area (Å²) < 4.78 is 14.9. The van der Waals surface area contributed by atoms with E-state index in [1.54, 1.807) is 6.92 Å². The number of rotatable bonds is 3. The number of ether oxygens (including phenoxy) is 1. The Kier molecular flexibility index (Phi) is 4.17. The standard InChI is InChI=1S/C6H11O5P/c1-3-11-6(7)5(2)4-12(8,9)10/h4H,3H2,1-2H3,(H2,8,9,10)/b5-4+. The lowest BCUT2D eigenvalue weighted by atomic mass is 10.4. The Morgan fingerprint density at radius 1 is 1.58 bits per heavy atom. The summed E-state index contributed by atoms with van der Waals surface area (Å²) in [6.45, 7) is 3.09. The van der Waals surface area contributed by atoms with Crippen molar-refractivity contribution in [3.05, 3.63) is 11.4 Å². The quantitative estimate of drug-likeness (QED) is 0.391. The summed E-state index contributed by atoms with van der Waals surface area (Å²) in [6, 6.07) is 0. The molecule has 0 heterocycles. The SMILES string of the molecule is CCOC(=O)/C(C)=C/P(=O)(O)O. The van der Waals surface area contributed by atoms with E-state index < -0.39 is 13.6 Å². The van der Waals surface area contributed by atoms with E-state index in [2.05, 4.69) is 4.74 Å². The summed E-state index contributed by atoms with van der Waals surface area (Å²) in [6.07, 6.45) is 0. The van der Waals surface area contributed by atoms with Gasteiger partial charge in [0, 0.05) is 11.4 Å². The van der Waals surface area contributed by atoms with Crippen LogP contribution in [0.4, 0.5) is 0 Å². The summed E-state index contributed by atoms with van der Waals surface area (Å²) in [5, 5.41) is 0. The van der Waals surface area contributed by atoms with E-state index >= 15 is 0 Å². The zero-order chi connectivity index (χ0) is 9.78. The lowest BCUT2D eigenvalue weighted by Crippen LogP contribution is -2.04. The molecule has 0 aliphatic heterocycles. The molecule has 0 rings (SSSR count). The van der Waals surface area contributed by atoms with Crippen molar-refractivity contribution in [1.29, 1.82) is 0 Å². The largest absolute Gasteiger partial charge is 0.463 e. The molecule has 0 aromatic rings. The van der Waals surface area contributed by atoms with Gasteiger partial charge in [-0.3, -0.25) is 4.57 Å². The second-order valence-electron chi connectivity index (χ2n) is 2.12. The summed E-state index contributed by atoms with van der Waals surface area (Å²) in [4.78, 5) is 27.7. The first-order chi connectivity index (χ1) is 5.37. The Bertz CT molecular complexity index is 238. The van der Waals surface area contributed by atoms with Gasteiger partial charge in [0.05, 0.1) is 6.61 Å². The van der Waals surface area contributed by atoms with Gasteiger partial charge in [0.25, 0.3) is 0 Å². The fourth-order valence-electron chi connectivity index (χ4n) is 0.550. The first-order valence-electron chi connectivity index (χ1n) is 3.28. The molecule has 0 aromatic carbocycles. The molecule has 0 saturated carbocycles. The van der Waals surface area contributed by atoms with Crippen LogP contribution in [-0.4, -0.2) is 22.4 Å². The van der Waals surface area contributed by atoms with E-state index in [9.17, 15) is 9.36 Å². The van der Waals surface area contributed by atoms with Crippen LogP contribution in [0.3, 0.4) is 0 Å². The molecule has 2 N–H and O–H groups in total. The monoisotopic (exact) mass is 194 g/mol. The van der Waals surface area contributed by atoms with Crippen LogP contribution in [0.2, 0.25) is 0 Å². The van der Waals surface area contributed by atoms with Crippen molar-refractivity contribution in [2.24, 2.45) is 0 Å². The molecule has 0 aliphatic carbocycles. The summed E-state index contributed by atoms with van der Waals surface area (Å²) in [5.41, 5.74) is -0.0785. The number of hydrogen-bond donors (Lipinski definition) is 2. The maximum Gasteiger partial charge on any atom is 0.349 e. The number of carbonyl (C=O) groups is 1. The molecule has 70 valence electrons. The van der Waals surface area contributed by atoms with E-state index in [4.69, 9.17) is 9.79 Å². The van der Waals surface area contributed by atoms with Gasteiger partial charge in [0.1, 0.15) is 0 Å². The van der Waals surface area contributed by atoms with Gasteiger partial charge in [-0.15, -0.1) is 0 Å². The average molecular weight is 194 g/mol. The molecule has 12 heavy (non-hydrogen) atoms. The lowest BCUT2D eigenvalue weighted by Gasteiger charge is -2.01. The third-order valence-corrected chi connectivity index (χ3v) is 1.68. The molecule has 0 spiro atoms. The van der Waals surface area contributed by atoms with Crippen LogP contribution in [-0.2, 0) is 14.1 Å². The first kappa shape index (κ1) is 11.4. The molecule has 0 radical (unpaired) electrons. The highest BCUT2D eigenvalue weighted by Crippen LogP contribution is 2.37. The molecule has 6 heteroatoms. The number of hydrogen-bond acceptors (Lipinski definition) is 3. The molecule has 5 nitrogen and oxygen atoms in total. The van der Waals surface area contributed by atoms with Crippen molar-refractivity contribution in [3.63, 3.8) is 0 Å². The first-order valence-corrected chi connectivity index (χ1v) is 4.97. The minimum atomic E-state index is -4.26. The third kappa shape index (κ3) is 5.07. The summed E-state index contributed by atoms with van der Waals surface area (Å²) in [5.74, 6) is -0.119. The van der Waals surface area contributed by atoms with Crippen LogP contribution >= 0.6 is 7.60 Å². The fraction of sp³-hybridized carbons (Fsp3) is 0.500. The Balaban J connectivity index is 4.38. The summed E-state index contributed by atoms with van der Waals surface area (Å²) >= 11 is 0. The second-order valence-corrected chi connectivity index (χ2v) is 3.56. The topological polar surface area (TPSA) is 83.8 Å². The van der Waals surface area contributed by atoms with Gasteiger partial charge < -0.3 is 14.5 Å². The zero-order valence-electron chi connectivity index (χ0n) is 6.85. The van der Waals surface area contributed by atoms with Crippen molar-refractivity contribution in [2.45, 2.75) is 13.8 Å². The molecule has 0 amide bonds. The van der Waals surface area contributed by atoms with E-state index in [0.717, 1.165) is 0 Å². The zero-order valence-corrected chi connectivity index (χ0v) is 7.75. The molecule has 0 fully saturated rings. The van der Waals surface area contributed by atoms with Crippen molar-refractivity contribution in [3.8, 4) is 0 Å². The Morgan fingerprint density at radius 2 is 2.08 bits per heavy atom. The predicted molar refractivity (Wildman–Crippen MR) is 42.4 cm³/mol. The third-order valence-electron chi connectivity index (χ3n) is 0.959. The van der Waals surface area contributed by atoms with E-state index in [-0.39, 0.29) is 12.2 Å². The van der Waals surface area contributed by atoms with Gasteiger partial charge in [-0.2, -0.15) is 0 Å². The van der Waals surface area contributed by atoms with Crippen molar-refractivity contribution in [1.82, 2.24) is 0 Å². The maximum absolute atomic E-state index is 10.8. The van der Waals surface area contributed by atoms with Crippen LogP contribution in [0.25, 0.3) is 0 Å². The Morgan fingerprint density at radius 3 is 2.42 bits per heavy atom. The van der Waals surface area contributed by atoms with Crippen molar-refractivity contribution >= 4 is 13.6 Å². The Hall–Kier alpha value is -0.640. The minimum absolute atomic E-state index is 0.0785. The highest BCUT2D eigenvalue weighted by atomic mass is 31.2. The van der Waals surface area contributed by atoms with Gasteiger partial charge >= 0.3 is 13.6 Å². The van der Waals surface area contributed by atoms with E-state index in [1.807, 2.05) is 0 Å². The van der Waals surface area contributed by atoms with Crippen molar-refractivity contribution < 1.29 is 23.9 Å². The normalized spacial score (nSPS) is 12.8. The summed E-state index contributed by atoms with van der Waals surface area (Å²) in [7, 11) is -4.26. The molecule has 0 atom stereocenters. The van der Waals surface area contributed by atoms with Crippen LogP contribution in [0.5, 0.6) is 0 Å². The van der Waals surface area contributed by atoms with Crippen LogP contribution in [0, 0.1) is 0 Å². The van der Waals surface area contributed by atoms with Crippen LogP contribution in [0.15, 0.2) is 11.4 Å². The van der Waals surface area contributed by atoms with Crippen molar-refractivity contribution in [2.75, 3.05) is 6.61 Å². The van der Waals surface area contributed by atoms with Gasteiger partial charge in [0.2, 0.25) is 0 Å². The van der Waals surface area contributed by atoms with E-state index in [1.165, 1.54) is 6.92 Å². The molecule has 0 bridgehead atoms. The second kappa shape index (κ2) is 4.40. The van der Waals surface area contributed by atoms with Gasteiger partial charge in [-0.25, -0.2) is 4.79 Å². The molecule has 0 aromatic heterocycles. The molecule has 0 aliphatic rings. The number of carbonyl (C=O) groups excluding carboxylic acids is 1. The lowest BCUT2D eigenvalue weighted by molar-refractivity contribution is -0.138. The highest BCUT2D eigenvalue weighted by Gasteiger charge is 2.13. The van der Waals surface area contributed by atoms with Crippen LogP contribution in [0.1, 0.15) is 13.8 Å². The molecule has 0 saturated heterocycles. The highest BCUT2D eigenvalue weighted by molar-refractivity contribution is 7.55. The molecular formula is C6H11O5P. The maximum atomic E-state index is 10.8. The Labute approximate surface area is 70.2 Å². The van der Waals surface area contributed by atoms with Gasteiger partial charge in [-0.1, -0.05) is 0 Å². The fourth-order valence-corrected chi connectivity index (χ4v) is 1.16. The van der Waals surface area contributed by atoms with Gasteiger partial charge in [-0.05, 0) is 13.8 Å². The average Bonchev–Trinajstić information content (AvgIpc) is 1.84. The number of esters is 1. The molecule has 0 unspecified atom stereocenters. The smallest absolute Gasteiger partial charge is 0.349 e. The van der Waals surface area contributed by atoms with Crippen LogP contribution < -0.4 is 0 Å². The van der Waals surface area contributed by atoms with Gasteiger partial charge in [0.15, 0.2) is 0 Å². The van der Waals surface area contributed by atoms with E-state index in [0.29, 0.717) is 5.82 Å². The molecular weight excluding hydrogens is 183 g/mol.